The fourth-order valence-electron chi connectivity index (χ4n) is 3.29. The summed E-state index contributed by atoms with van der Waals surface area (Å²) in [5, 5.41) is 0. The third-order valence-corrected chi connectivity index (χ3v) is 4.32. The van der Waals surface area contributed by atoms with Crippen LogP contribution >= 0.6 is 0 Å². The van der Waals surface area contributed by atoms with Gasteiger partial charge < -0.3 is 9.47 Å². The third-order valence-electron chi connectivity index (χ3n) is 4.32. The highest BCUT2D eigenvalue weighted by atomic mass is 16.6. The van der Waals surface area contributed by atoms with E-state index >= 15 is 0 Å². The highest BCUT2D eigenvalue weighted by Crippen LogP contribution is 2.48. The molecule has 0 aromatic heterocycles. The number of benzene rings is 2. The summed E-state index contributed by atoms with van der Waals surface area (Å²) < 4.78 is 10.6. The van der Waals surface area contributed by atoms with E-state index in [9.17, 15) is 9.59 Å². The first kappa shape index (κ1) is 17.0. The fourth-order valence-corrected chi connectivity index (χ4v) is 3.29. The predicted molar refractivity (Wildman–Crippen MR) is 95.7 cm³/mol. The zero-order valence-corrected chi connectivity index (χ0v) is 14.3. The van der Waals surface area contributed by atoms with Gasteiger partial charge in [-0.05, 0) is 42.2 Å². The lowest BCUT2D eigenvalue weighted by Crippen LogP contribution is -2.46. The van der Waals surface area contributed by atoms with Crippen LogP contribution in [0.15, 0.2) is 54.6 Å². The average Bonchev–Trinajstić information content (AvgIpc) is 2.99. The van der Waals surface area contributed by atoms with Crippen LogP contribution in [0.5, 0.6) is 0 Å². The molecule has 0 radical (unpaired) electrons. The van der Waals surface area contributed by atoms with Crippen LogP contribution in [0, 0.1) is 0 Å². The van der Waals surface area contributed by atoms with E-state index in [0.717, 1.165) is 11.1 Å². The second kappa shape index (κ2) is 6.93. The monoisotopic (exact) mass is 336 g/mol. The number of carbonyl (C=O) groups is 2. The molecule has 1 aliphatic carbocycles. The van der Waals surface area contributed by atoms with Gasteiger partial charge in [-0.1, -0.05) is 54.6 Å². The number of rotatable bonds is 5. The van der Waals surface area contributed by atoms with Gasteiger partial charge in [-0.3, -0.25) is 9.59 Å². The first-order valence-electron chi connectivity index (χ1n) is 8.37. The van der Waals surface area contributed by atoms with Gasteiger partial charge in [0.05, 0.1) is 13.2 Å². The minimum absolute atomic E-state index is 0.185. The summed E-state index contributed by atoms with van der Waals surface area (Å²) >= 11 is 0. The first-order valence-corrected chi connectivity index (χ1v) is 8.37. The van der Waals surface area contributed by atoms with E-state index in [2.05, 4.69) is 0 Å². The largest absolute Gasteiger partial charge is 0.465 e. The summed E-state index contributed by atoms with van der Waals surface area (Å²) in [5.41, 5.74) is 1.21. The Morgan fingerprint density at radius 3 is 2.00 bits per heavy atom. The Kier molecular flexibility index (Phi) is 4.70. The molecule has 4 heteroatoms. The maximum Gasteiger partial charge on any atom is 0.332 e. The summed E-state index contributed by atoms with van der Waals surface area (Å²) in [4.78, 5) is 26.1. The molecule has 0 unspecified atom stereocenters. The minimum Gasteiger partial charge on any atom is -0.465 e. The van der Waals surface area contributed by atoms with E-state index in [1.54, 1.807) is 19.9 Å². The molecule has 0 heterocycles. The van der Waals surface area contributed by atoms with Crippen LogP contribution in [0.3, 0.4) is 0 Å². The van der Waals surface area contributed by atoms with Gasteiger partial charge in [0.1, 0.15) is 0 Å². The lowest BCUT2D eigenvalue weighted by Gasteiger charge is -2.29. The van der Waals surface area contributed by atoms with Crippen LogP contribution in [0.2, 0.25) is 0 Å². The van der Waals surface area contributed by atoms with Crippen LogP contribution in [0.4, 0.5) is 0 Å². The highest BCUT2D eigenvalue weighted by Gasteiger charge is 2.57. The number of fused-ring (bicyclic) bond motifs is 1. The molecule has 4 nitrogen and oxygen atoms in total. The molecular weight excluding hydrogens is 316 g/mol. The van der Waals surface area contributed by atoms with E-state index in [-0.39, 0.29) is 13.2 Å². The highest BCUT2D eigenvalue weighted by molar-refractivity contribution is 6.23. The molecule has 0 amide bonds. The van der Waals surface area contributed by atoms with E-state index in [1.165, 1.54) is 0 Å². The molecule has 2 aromatic rings. The molecule has 128 valence electrons. The zero-order chi connectivity index (χ0) is 17.9. The van der Waals surface area contributed by atoms with Gasteiger partial charge in [0.25, 0.3) is 0 Å². The second-order valence-corrected chi connectivity index (χ2v) is 5.70. The summed E-state index contributed by atoms with van der Waals surface area (Å²) in [6.45, 7) is 3.82. The quantitative estimate of drug-likeness (QED) is 0.618. The zero-order valence-electron chi connectivity index (χ0n) is 14.3. The number of carbonyl (C=O) groups excluding carboxylic acids is 2. The molecule has 0 fully saturated rings. The Bertz CT molecular complexity index is 803. The van der Waals surface area contributed by atoms with E-state index in [0.29, 0.717) is 11.1 Å². The van der Waals surface area contributed by atoms with Crippen molar-refractivity contribution in [2.24, 2.45) is 0 Å². The minimum atomic E-state index is -1.59. The molecular formula is C21H20O4. The maximum absolute atomic E-state index is 13.1. The van der Waals surface area contributed by atoms with Crippen molar-refractivity contribution in [3.63, 3.8) is 0 Å². The van der Waals surface area contributed by atoms with Gasteiger partial charge in [-0.25, -0.2) is 0 Å². The predicted octanol–water partition coefficient (Wildman–Crippen LogP) is 3.60. The average molecular weight is 336 g/mol. The SMILES string of the molecule is CCOC(=O)C1(C(=O)OCC)C(c2ccccc2)=Cc2ccccc21. The van der Waals surface area contributed by atoms with Gasteiger partial charge in [-0.2, -0.15) is 0 Å². The van der Waals surface area contributed by atoms with E-state index in [1.807, 2.05) is 54.6 Å². The number of hydrogen-bond donors (Lipinski definition) is 0. The molecule has 0 saturated carbocycles. The lowest BCUT2D eigenvalue weighted by atomic mass is 9.74. The first-order chi connectivity index (χ1) is 12.2. The topological polar surface area (TPSA) is 52.6 Å². The molecule has 0 aliphatic heterocycles. The van der Waals surface area contributed by atoms with Crippen molar-refractivity contribution < 1.29 is 19.1 Å². The Hall–Kier alpha value is -2.88. The lowest BCUT2D eigenvalue weighted by molar-refractivity contribution is -0.161. The molecule has 0 atom stereocenters. The maximum atomic E-state index is 13.1. The fraction of sp³-hybridized carbons (Fsp3) is 0.238. The summed E-state index contributed by atoms with van der Waals surface area (Å²) in [6, 6.07) is 16.8. The Morgan fingerprint density at radius 2 is 1.40 bits per heavy atom. The van der Waals surface area contributed by atoms with Crippen LogP contribution in [0.25, 0.3) is 11.6 Å². The molecule has 0 N–H and O–H groups in total. The Labute approximate surface area is 147 Å². The van der Waals surface area contributed by atoms with Crippen molar-refractivity contribution in [2.45, 2.75) is 19.3 Å². The summed E-state index contributed by atoms with van der Waals surface area (Å²) in [7, 11) is 0. The molecule has 0 bridgehead atoms. The standard InChI is InChI=1S/C21H20O4/c1-3-24-19(22)21(20(23)25-4-2)17-13-9-8-12-16(17)14-18(21)15-10-6-5-7-11-15/h5-14H,3-4H2,1-2H3. The number of hydrogen-bond acceptors (Lipinski definition) is 4. The molecule has 0 saturated heterocycles. The van der Waals surface area contributed by atoms with Crippen molar-refractivity contribution in [1.29, 1.82) is 0 Å². The Morgan fingerprint density at radius 1 is 0.840 bits per heavy atom. The smallest absolute Gasteiger partial charge is 0.332 e. The molecule has 0 spiro atoms. The molecule has 1 aliphatic rings. The van der Waals surface area contributed by atoms with Crippen LogP contribution in [-0.4, -0.2) is 25.2 Å². The molecule has 25 heavy (non-hydrogen) atoms. The van der Waals surface area contributed by atoms with Gasteiger partial charge in [0, 0.05) is 0 Å². The van der Waals surface area contributed by atoms with Crippen molar-refractivity contribution in [2.75, 3.05) is 13.2 Å². The summed E-state index contributed by atoms with van der Waals surface area (Å²) in [6.07, 6.45) is 1.87. The third kappa shape index (κ3) is 2.64. The van der Waals surface area contributed by atoms with Gasteiger partial charge in [0.2, 0.25) is 5.41 Å². The van der Waals surface area contributed by atoms with Crippen molar-refractivity contribution in [3.8, 4) is 0 Å². The van der Waals surface area contributed by atoms with Crippen LogP contribution in [0.1, 0.15) is 30.5 Å². The second-order valence-electron chi connectivity index (χ2n) is 5.70. The molecule has 2 aromatic carbocycles. The summed E-state index contributed by atoms with van der Waals surface area (Å²) in [5.74, 6) is -1.21. The normalized spacial score (nSPS) is 14.4. The number of ether oxygens (including phenoxy) is 2. The van der Waals surface area contributed by atoms with Crippen molar-refractivity contribution in [1.82, 2.24) is 0 Å². The van der Waals surface area contributed by atoms with E-state index < -0.39 is 17.4 Å². The Balaban J connectivity index is 2.28. The molecule has 3 rings (SSSR count). The van der Waals surface area contributed by atoms with Crippen LogP contribution in [-0.2, 0) is 24.5 Å². The van der Waals surface area contributed by atoms with Gasteiger partial charge in [0.15, 0.2) is 0 Å². The van der Waals surface area contributed by atoms with Gasteiger partial charge >= 0.3 is 11.9 Å². The van der Waals surface area contributed by atoms with Crippen LogP contribution < -0.4 is 0 Å². The number of esters is 2. The van der Waals surface area contributed by atoms with Crippen molar-refractivity contribution in [3.05, 3.63) is 71.3 Å². The van der Waals surface area contributed by atoms with Crippen molar-refractivity contribution >= 4 is 23.6 Å². The van der Waals surface area contributed by atoms with Gasteiger partial charge in [-0.15, -0.1) is 0 Å². The van der Waals surface area contributed by atoms with E-state index in [4.69, 9.17) is 9.47 Å².